The molecule has 1 saturated heterocycles. The molecule has 0 saturated carbocycles. The zero-order chi connectivity index (χ0) is 18.1. The molecule has 0 N–H and O–H groups in total. The minimum absolute atomic E-state index is 0.288. The molecular weight excluding hydrogens is 312 g/mol. The second kappa shape index (κ2) is 10.4. The summed E-state index contributed by atoms with van der Waals surface area (Å²) in [6.45, 7) is 13.4. The Bertz CT molecular complexity index is 522. The molecule has 0 spiro atoms. The largest absolute Gasteiger partial charge is 0.357 e. The lowest BCUT2D eigenvalue weighted by Gasteiger charge is -2.34. The predicted octanol–water partition coefficient (Wildman–Crippen LogP) is 2.80. The third-order valence-corrected chi connectivity index (χ3v) is 5.08. The average Bonchev–Trinajstić information content (AvgIpc) is 2.66. The van der Waals surface area contributed by atoms with E-state index in [1.807, 2.05) is 17.2 Å². The van der Waals surface area contributed by atoms with Gasteiger partial charge in [0, 0.05) is 51.9 Å². The third kappa shape index (κ3) is 5.99. The Balaban J connectivity index is 1.80. The Morgan fingerprint density at radius 2 is 1.88 bits per heavy atom. The van der Waals surface area contributed by atoms with Gasteiger partial charge in [0.15, 0.2) is 0 Å². The highest BCUT2D eigenvalue weighted by atomic mass is 16.2. The fraction of sp³-hybridized carbons (Fsp3) is 0.700. The van der Waals surface area contributed by atoms with Crippen LogP contribution >= 0.6 is 0 Å². The first-order chi connectivity index (χ1) is 12.2. The lowest BCUT2D eigenvalue weighted by atomic mass is 10.1. The highest BCUT2D eigenvalue weighted by Crippen LogP contribution is 2.14. The summed E-state index contributed by atoms with van der Waals surface area (Å²) < 4.78 is 0. The lowest BCUT2D eigenvalue weighted by Crippen LogP contribution is -2.48. The van der Waals surface area contributed by atoms with Gasteiger partial charge in [0.2, 0.25) is 5.91 Å². The van der Waals surface area contributed by atoms with Crippen LogP contribution in [0.25, 0.3) is 0 Å². The number of hydrogen-bond donors (Lipinski definition) is 0. The second-order valence-electron chi connectivity index (χ2n) is 6.77. The minimum Gasteiger partial charge on any atom is -0.357 e. The van der Waals surface area contributed by atoms with Crippen LogP contribution in [-0.4, -0.2) is 66.5 Å². The van der Waals surface area contributed by atoms with E-state index in [1.54, 1.807) is 0 Å². The molecule has 1 amide bonds. The molecule has 1 aromatic rings. The van der Waals surface area contributed by atoms with E-state index in [1.165, 1.54) is 24.9 Å². The maximum Gasteiger partial charge on any atom is 0.222 e. The third-order valence-electron chi connectivity index (χ3n) is 5.08. The number of unbranched alkanes of at least 4 members (excludes halogenated alkanes) is 1. The van der Waals surface area contributed by atoms with Crippen LogP contribution in [0.15, 0.2) is 18.3 Å². The van der Waals surface area contributed by atoms with Gasteiger partial charge in [-0.1, -0.05) is 13.3 Å². The summed E-state index contributed by atoms with van der Waals surface area (Å²) in [5, 5.41) is 0. The molecule has 0 aromatic carbocycles. The summed E-state index contributed by atoms with van der Waals surface area (Å²) in [6, 6.07) is 4.16. The zero-order valence-corrected chi connectivity index (χ0v) is 16.2. The molecule has 0 unspecified atom stereocenters. The Labute approximate surface area is 153 Å². The molecule has 1 aliphatic heterocycles. The van der Waals surface area contributed by atoms with Gasteiger partial charge >= 0.3 is 0 Å². The summed E-state index contributed by atoms with van der Waals surface area (Å²) >= 11 is 0. The number of anilines is 1. The lowest BCUT2D eigenvalue weighted by molar-refractivity contribution is -0.132. The normalized spacial score (nSPS) is 15.4. The van der Waals surface area contributed by atoms with Gasteiger partial charge in [-0.05, 0) is 50.9 Å². The number of nitrogens with zero attached hydrogens (tertiary/aromatic N) is 4. The van der Waals surface area contributed by atoms with Gasteiger partial charge in [-0.25, -0.2) is 4.98 Å². The van der Waals surface area contributed by atoms with Gasteiger partial charge in [0.1, 0.15) is 5.82 Å². The van der Waals surface area contributed by atoms with Gasteiger partial charge in [-0.2, -0.15) is 0 Å². The first-order valence-corrected chi connectivity index (χ1v) is 9.87. The van der Waals surface area contributed by atoms with E-state index in [0.29, 0.717) is 6.42 Å². The molecule has 1 fully saturated rings. The van der Waals surface area contributed by atoms with Gasteiger partial charge in [0.05, 0.1) is 0 Å². The molecule has 2 rings (SSSR count). The van der Waals surface area contributed by atoms with Crippen molar-refractivity contribution in [1.82, 2.24) is 14.8 Å². The number of carbonyl (C=O) groups excluding carboxylic acids is 1. The van der Waals surface area contributed by atoms with Crippen molar-refractivity contribution in [1.29, 1.82) is 0 Å². The Morgan fingerprint density at radius 1 is 1.16 bits per heavy atom. The smallest absolute Gasteiger partial charge is 0.222 e. The molecule has 0 atom stereocenters. The van der Waals surface area contributed by atoms with Crippen LogP contribution in [0.2, 0.25) is 0 Å². The summed E-state index contributed by atoms with van der Waals surface area (Å²) in [5.74, 6) is 1.30. The van der Waals surface area contributed by atoms with E-state index in [4.69, 9.17) is 0 Å². The minimum atomic E-state index is 0.288. The number of carbonyl (C=O) groups is 1. The fourth-order valence-electron chi connectivity index (χ4n) is 3.35. The van der Waals surface area contributed by atoms with E-state index in [0.717, 1.165) is 51.5 Å². The van der Waals surface area contributed by atoms with Crippen LogP contribution in [-0.2, 0) is 11.2 Å². The monoisotopic (exact) mass is 346 g/mol. The molecule has 140 valence electrons. The molecule has 1 aromatic heterocycles. The van der Waals surface area contributed by atoms with Crippen molar-refractivity contribution in [3.8, 4) is 0 Å². The Kier molecular flexibility index (Phi) is 8.19. The number of pyridine rings is 1. The van der Waals surface area contributed by atoms with Crippen LogP contribution in [0.1, 0.15) is 45.6 Å². The van der Waals surface area contributed by atoms with Crippen molar-refractivity contribution in [2.75, 3.05) is 50.7 Å². The summed E-state index contributed by atoms with van der Waals surface area (Å²) in [6.07, 6.45) is 5.74. The van der Waals surface area contributed by atoms with Crippen molar-refractivity contribution in [2.45, 2.75) is 46.5 Å². The molecule has 0 aliphatic carbocycles. The first kappa shape index (κ1) is 19.7. The van der Waals surface area contributed by atoms with E-state index < -0.39 is 0 Å². The number of piperazine rings is 1. The van der Waals surface area contributed by atoms with Crippen LogP contribution in [0.4, 0.5) is 5.82 Å². The Hall–Kier alpha value is -1.62. The van der Waals surface area contributed by atoms with Gasteiger partial charge in [-0.15, -0.1) is 0 Å². The van der Waals surface area contributed by atoms with Crippen LogP contribution in [0, 0.1) is 0 Å². The van der Waals surface area contributed by atoms with Gasteiger partial charge in [-0.3, -0.25) is 9.69 Å². The van der Waals surface area contributed by atoms with Crippen molar-refractivity contribution in [2.24, 2.45) is 0 Å². The summed E-state index contributed by atoms with van der Waals surface area (Å²) in [4.78, 5) is 23.7. The zero-order valence-electron chi connectivity index (χ0n) is 16.2. The van der Waals surface area contributed by atoms with E-state index in [-0.39, 0.29) is 5.91 Å². The van der Waals surface area contributed by atoms with Crippen LogP contribution < -0.4 is 4.90 Å². The van der Waals surface area contributed by atoms with Gasteiger partial charge in [0.25, 0.3) is 0 Å². The molecule has 5 nitrogen and oxygen atoms in total. The number of aryl methyl sites for hydroxylation is 1. The maximum absolute atomic E-state index is 12.5. The van der Waals surface area contributed by atoms with Crippen molar-refractivity contribution in [3.05, 3.63) is 23.9 Å². The first-order valence-electron chi connectivity index (χ1n) is 9.87. The summed E-state index contributed by atoms with van der Waals surface area (Å²) in [7, 11) is 0. The van der Waals surface area contributed by atoms with E-state index in [9.17, 15) is 4.79 Å². The van der Waals surface area contributed by atoms with E-state index >= 15 is 0 Å². The van der Waals surface area contributed by atoms with Crippen molar-refractivity contribution < 1.29 is 4.79 Å². The topological polar surface area (TPSA) is 39.7 Å². The highest BCUT2D eigenvalue weighted by molar-refractivity contribution is 5.76. The second-order valence-corrected chi connectivity index (χ2v) is 6.77. The van der Waals surface area contributed by atoms with Crippen LogP contribution in [0.3, 0.4) is 0 Å². The molecular formula is C20H34N4O. The maximum atomic E-state index is 12.5. The van der Waals surface area contributed by atoms with Crippen LogP contribution in [0.5, 0.6) is 0 Å². The number of rotatable bonds is 9. The predicted molar refractivity (Wildman–Crippen MR) is 104 cm³/mol. The van der Waals surface area contributed by atoms with Crippen molar-refractivity contribution >= 4 is 11.7 Å². The quantitative estimate of drug-likeness (QED) is 0.689. The number of amides is 1. The summed E-state index contributed by atoms with van der Waals surface area (Å²) in [5.41, 5.74) is 1.20. The number of aromatic nitrogens is 1. The van der Waals surface area contributed by atoms with E-state index in [2.05, 4.69) is 41.6 Å². The fourth-order valence-corrected chi connectivity index (χ4v) is 3.35. The molecule has 0 radical (unpaired) electrons. The SMILES string of the molecule is CCCCN1CCN(C(=O)CCc2ccnc(N(CC)CC)c2)CC1. The molecule has 1 aliphatic rings. The molecule has 2 heterocycles. The van der Waals surface area contributed by atoms with Gasteiger partial charge < -0.3 is 9.80 Å². The molecule has 0 bridgehead atoms. The van der Waals surface area contributed by atoms with Crippen molar-refractivity contribution in [3.63, 3.8) is 0 Å². The standard InChI is InChI=1S/C20H34N4O/c1-4-7-12-22-13-15-24(16-14-22)20(25)9-8-18-10-11-21-19(17-18)23(5-2)6-3/h10-11,17H,4-9,12-16H2,1-3H3. The highest BCUT2D eigenvalue weighted by Gasteiger charge is 2.20. The number of hydrogen-bond acceptors (Lipinski definition) is 4. The molecule has 5 heteroatoms. The molecule has 25 heavy (non-hydrogen) atoms. The Morgan fingerprint density at radius 3 is 2.52 bits per heavy atom. The average molecular weight is 347 g/mol.